The van der Waals surface area contributed by atoms with Crippen molar-refractivity contribution in [1.29, 1.82) is 0 Å². The lowest BCUT2D eigenvalue weighted by Gasteiger charge is -2.44. The Hall–Kier alpha value is -2.09. The van der Waals surface area contributed by atoms with E-state index in [0.29, 0.717) is 5.56 Å². The van der Waals surface area contributed by atoms with E-state index in [1.807, 2.05) is 0 Å². The number of benzene rings is 1. The summed E-state index contributed by atoms with van der Waals surface area (Å²) in [4.78, 5) is 23.3. The summed E-state index contributed by atoms with van der Waals surface area (Å²) in [6.07, 6.45) is -5.19. The molecule has 2 amide bonds. The van der Waals surface area contributed by atoms with Gasteiger partial charge in [0.25, 0.3) is 0 Å². The SMILES string of the molecule is CC(=O)[C@@H]1[C@@H](c2ccc(C)cc2)NC(=O)N[C@]1(O)C(F)(F)F. The maximum atomic E-state index is 13.2. The molecular formula is C14H15F3N2O3. The lowest BCUT2D eigenvalue weighted by Crippen LogP contribution is -2.72. The van der Waals surface area contributed by atoms with E-state index in [1.165, 1.54) is 17.4 Å². The van der Waals surface area contributed by atoms with Crippen molar-refractivity contribution < 1.29 is 27.9 Å². The summed E-state index contributed by atoms with van der Waals surface area (Å²) in [5.41, 5.74) is -2.44. The molecule has 3 N–H and O–H groups in total. The van der Waals surface area contributed by atoms with Crippen LogP contribution in [0.1, 0.15) is 24.1 Å². The molecule has 1 heterocycles. The van der Waals surface area contributed by atoms with E-state index >= 15 is 0 Å². The number of hydrogen-bond acceptors (Lipinski definition) is 3. The molecule has 8 heteroatoms. The van der Waals surface area contributed by atoms with Crippen LogP contribution in [0, 0.1) is 12.8 Å². The second-order valence-corrected chi connectivity index (χ2v) is 5.34. The minimum atomic E-state index is -5.19. The standard InChI is InChI=1S/C14H15F3N2O3/c1-7-3-5-9(6-4-7)11-10(8(2)20)13(22,14(15,16)17)19-12(21)18-11/h3-6,10-11,22H,1-2H3,(H2,18,19,21)/t10-,11-,13-/m1/s1. The van der Waals surface area contributed by atoms with Crippen LogP contribution in [0.2, 0.25) is 0 Å². The normalized spacial score (nSPS) is 28.7. The van der Waals surface area contributed by atoms with Gasteiger partial charge in [-0.15, -0.1) is 0 Å². The van der Waals surface area contributed by atoms with Crippen LogP contribution < -0.4 is 10.6 Å². The molecule has 1 aliphatic rings. The highest BCUT2D eigenvalue weighted by atomic mass is 19.4. The molecule has 0 aromatic heterocycles. The molecule has 22 heavy (non-hydrogen) atoms. The molecule has 5 nitrogen and oxygen atoms in total. The van der Waals surface area contributed by atoms with Gasteiger partial charge in [0, 0.05) is 0 Å². The van der Waals surface area contributed by atoms with Crippen molar-refractivity contribution in [2.75, 3.05) is 0 Å². The second kappa shape index (κ2) is 5.28. The van der Waals surface area contributed by atoms with Crippen LogP contribution in [-0.2, 0) is 4.79 Å². The molecule has 0 saturated carbocycles. The summed E-state index contributed by atoms with van der Waals surface area (Å²) in [7, 11) is 0. The Morgan fingerprint density at radius 2 is 1.82 bits per heavy atom. The number of Topliss-reactive ketones (excluding diaryl/α,β-unsaturated/α-hetero) is 1. The van der Waals surface area contributed by atoms with Gasteiger partial charge in [-0.25, -0.2) is 4.79 Å². The fourth-order valence-corrected chi connectivity index (χ4v) is 2.58. The zero-order chi connectivity index (χ0) is 16.7. The summed E-state index contributed by atoms with van der Waals surface area (Å²) in [6.45, 7) is 2.74. The molecule has 0 radical (unpaired) electrons. The van der Waals surface area contributed by atoms with Gasteiger partial charge in [0.2, 0.25) is 5.72 Å². The molecule has 120 valence electrons. The van der Waals surface area contributed by atoms with Gasteiger partial charge in [0.15, 0.2) is 0 Å². The Morgan fingerprint density at radius 1 is 1.27 bits per heavy atom. The smallest absolute Gasteiger partial charge is 0.363 e. The second-order valence-electron chi connectivity index (χ2n) is 5.34. The topological polar surface area (TPSA) is 78.4 Å². The molecule has 0 bridgehead atoms. The fraction of sp³-hybridized carbons (Fsp3) is 0.429. The van der Waals surface area contributed by atoms with Gasteiger partial charge in [-0.05, 0) is 19.4 Å². The quantitative estimate of drug-likeness (QED) is 0.778. The van der Waals surface area contributed by atoms with Gasteiger partial charge in [0.1, 0.15) is 5.78 Å². The van der Waals surface area contributed by atoms with E-state index in [1.54, 1.807) is 19.1 Å². The third-order valence-electron chi connectivity index (χ3n) is 3.68. The zero-order valence-electron chi connectivity index (χ0n) is 11.9. The van der Waals surface area contributed by atoms with Crippen molar-refractivity contribution in [3.05, 3.63) is 35.4 Å². The lowest BCUT2D eigenvalue weighted by molar-refractivity contribution is -0.290. The number of rotatable bonds is 2. The van der Waals surface area contributed by atoms with Gasteiger partial charge in [-0.1, -0.05) is 29.8 Å². The first-order chi connectivity index (χ1) is 10.1. The van der Waals surface area contributed by atoms with Crippen molar-refractivity contribution >= 4 is 11.8 Å². The minimum absolute atomic E-state index is 0.309. The van der Waals surface area contributed by atoms with Gasteiger partial charge in [-0.2, -0.15) is 13.2 Å². The first kappa shape index (κ1) is 16.3. The number of nitrogens with one attached hydrogen (secondary N) is 2. The Morgan fingerprint density at radius 3 is 2.27 bits per heavy atom. The molecule has 1 aromatic carbocycles. The molecule has 2 rings (SSSR count). The van der Waals surface area contributed by atoms with E-state index in [4.69, 9.17) is 0 Å². The number of amides is 2. The Labute approximate surface area is 124 Å². The van der Waals surface area contributed by atoms with Crippen molar-refractivity contribution in [1.82, 2.24) is 10.6 Å². The monoisotopic (exact) mass is 316 g/mol. The average Bonchev–Trinajstić information content (AvgIpc) is 2.36. The van der Waals surface area contributed by atoms with E-state index in [0.717, 1.165) is 12.5 Å². The number of halogens is 3. The fourth-order valence-electron chi connectivity index (χ4n) is 2.58. The molecule has 1 aromatic rings. The number of urea groups is 1. The van der Waals surface area contributed by atoms with Crippen LogP contribution in [0.5, 0.6) is 0 Å². The van der Waals surface area contributed by atoms with Crippen LogP contribution in [0.25, 0.3) is 0 Å². The number of aliphatic hydroxyl groups is 1. The van der Waals surface area contributed by atoms with Crippen LogP contribution in [0.3, 0.4) is 0 Å². The molecule has 1 aliphatic heterocycles. The largest absolute Gasteiger partial charge is 0.437 e. The van der Waals surface area contributed by atoms with E-state index in [2.05, 4.69) is 5.32 Å². The van der Waals surface area contributed by atoms with Crippen molar-refractivity contribution in [3.8, 4) is 0 Å². The third kappa shape index (κ3) is 2.66. The molecule has 3 atom stereocenters. The zero-order valence-corrected chi connectivity index (χ0v) is 11.9. The predicted octanol–water partition coefficient (Wildman–Crippen LogP) is 1.81. The van der Waals surface area contributed by atoms with Crippen molar-refractivity contribution in [3.63, 3.8) is 0 Å². The predicted molar refractivity (Wildman–Crippen MR) is 70.8 cm³/mol. The van der Waals surface area contributed by atoms with Gasteiger partial charge < -0.3 is 15.7 Å². The molecule has 1 fully saturated rings. The number of aryl methyl sites for hydroxylation is 1. The lowest BCUT2D eigenvalue weighted by atomic mass is 9.79. The summed E-state index contributed by atoms with van der Waals surface area (Å²) in [5, 5.41) is 13.7. The first-order valence-corrected chi connectivity index (χ1v) is 6.51. The number of hydrogen-bond donors (Lipinski definition) is 3. The summed E-state index contributed by atoms with van der Waals surface area (Å²) < 4.78 is 39.7. The summed E-state index contributed by atoms with van der Waals surface area (Å²) in [6, 6.07) is 3.85. The number of carbonyl (C=O) groups is 2. The maximum Gasteiger partial charge on any atom is 0.437 e. The molecule has 0 unspecified atom stereocenters. The highest BCUT2D eigenvalue weighted by Crippen LogP contribution is 2.42. The Kier molecular flexibility index (Phi) is 3.90. The first-order valence-electron chi connectivity index (χ1n) is 6.51. The third-order valence-corrected chi connectivity index (χ3v) is 3.68. The molecule has 0 aliphatic carbocycles. The Balaban J connectivity index is 2.54. The van der Waals surface area contributed by atoms with Crippen molar-refractivity contribution in [2.45, 2.75) is 31.8 Å². The number of alkyl halides is 3. The summed E-state index contributed by atoms with van der Waals surface area (Å²) >= 11 is 0. The number of ketones is 1. The van der Waals surface area contributed by atoms with Crippen LogP contribution in [0.4, 0.5) is 18.0 Å². The molecule has 0 spiro atoms. The Bertz CT molecular complexity index is 600. The summed E-state index contributed by atoms with van der Waals surface area (Å²) in [5.74, 6) is -2.79. The molecule has 1 saturated heterocycles. The van der Waals surface area contributed by atoms with E-state index < -0.39 is 35.7 Å². The maximum absolute atomic E-state index is 13.2. The van der Waals surface area contributed by atoms with Crippen molar-refractivity contribution in [2.24, 2.45) is 5.92 Å². The minimum Gasteiger partial charge on any atom is -0.363 e. The van der Waals surface area contributed by atoms with Crippen LogP contribution >= 0.6 is 0 Å². The van der Waals surface area contributed by atoms with Gasteiger partial charge in [-0.3, -0.25) is 4.79 Å². The number of carbonyl (C=O) groups excluding carboxylic acids is 2. The molecular weight excluding hydrogens is 301 g/mol. The highest BCUT2D eigenvalue weighted by Gasteiger charge is 2.65. The van der Waals surface area contributed by atoms with E-state index in [-0.39, 0.29) is 0 Å². The van der Waals surface area contributed by atoms with E-state index in [9.17, 15) is 27.9 Å². The average molecular weight is 316 g/mol. The highest BCUT2D eigenvalue weighted by molar-refractivity contribution is 5.86. The van der Waals surface area contributed by atoms with Gasteiger partial charge >= 0.3 is 12.2 Å². The van der Waals surface area contributed by atoms with Crippen LogP contribution in [-0.4, -0.2) is 28.8 Å². The van der Waals surface area contributed by atoms with Crippen LogP contribution in [0.15, 0.2) is 24.3 Å². The van der Waals surface area contributed by atoms with Gasteiger partial charge in [0.05, 0.1) is 12.0 Å².